The van der Waals surface area contributed by atoms with Crippen LogP contribution < -0.4 is 5.46 Å². The first-order chi connectivity index (χ1) is 23.2. The van der Waals surface area contributed by atoms with Crippen molar-refractivity contribution in [1.82, 2.24) is 0 Å². The van der Waals surface area contributed by atoms with Crippen LogP contribution >= 0.6 is 0 Å². The predicted octanol–water partition coefficient (Wildman–Crippen LogP) is 9.29. The number of phenols is 4. The van der Waals surface area contributed by atoms with Crippen molar-refractivity contribution in [2.24, 2.45) is 0 Å². The van der Waals surface area contributed by atoms with Crippen molar-refractivity contribution in [2.45, 2.75) is 38.5 Å². The molecule has 10 rings (SSSR count). The molecule has 5 nitrogen and oxygen atoms in total. The standard InChI is InChI=1S/C42H29BO5/c1-18-15-26-19(2)22-13-14-30-36-27(22)17-28(26)37-31(18)32(20-7-5-8-21(16-20)33-38(43)40(45)42(47)41(46)39(33)44)23-9-3-4-10-24(23)34(37)25-11-6-12-29(48-30)35(25)36/h3-14,16,18-19,44-47H,15,17H2,1-2H3/t18-,19?/m1/s1. The fraction of sp³-hybridized carbons (Fsp3) is 0.143. The first-order valence-corrected chi connectivity index (χ1v) is 16.4. The molecule has 0 aliphatic heterocycles. The Hall–Kier alpha value is -5.62. The molecule has 0 spiro atoms. The number of fused-ring (bicyclic) bond motifs is 3. The first-order valence-electron chi connectivity index (χ1n) is 16.4. The van der Waals surface area contributed by atoms with Crippen molar-refractivity contribution in [1.29, 1.82) is 0 Å². The summed E-state index contributed by atoms with van der Waals surface area (Å²) in [6.07, 6.45) is 1.79. The Morgan fingerprint density at radius 1 is 0.667 bits per heavy atom. The summed E-state index contributed by atoms with van der Waals surface area (Å²) in [6, 6.07) is 27.2. The lowest BCUT2D eigenvalue weighted by Gasteiger charge is -2.40. The van der Waals surface area contributed by atoms with Gasteiger partial charge >= 0.3 is 0 Å². The molecule has 0 fully saturated rings. The summed E-state index contributed by atoms with van der Waals surface area (Å²) in [4.78, 5) is 0. The van der Waals surface area contributed by atoms with E-state index in [1.165, 1.54) is 55.3 Å². The molecule has 1 aromatic heterocycles. The molecule has 0 saturated carbocycles. The number of hydrogen-bond donors (Lipinski definition) is 4. The summed E-state index contributed by atoms with van der Waals surface area (Å²) in [7, 11) is 6.23. The minimum atomic E-state index is -0.851. The van der Waals surface area contributed by atoms with Crippen molar-refractivity contribution in [3.05, 3.63) is 107 Å². The van der Waals surface area contributed by atoms with Crippen LogP contribution in [-0.2, 0) is 6.42 Å². The summed E-state index contributed by atoms with van der Waals surface area (Å²) >= 11 is 0. The molecule has 2 atom stereocenters. The Labute approximate surface area is 277 Å². The molecular weight excluding hydrogens is 595 g/mol. The summed E-state index contributed by atoms with van der Waals surface area (Å²) in [5.41, 5.74) is 14.9. The van der Waals surface area contributed by atoms with Crippen LogP contribution in [0.4, 0.5) is 0 Å². The van der Waals surface area contributed by atoms with Crippen LogP contribution in [0.1, 0.15) is 54.4 Å². The second-order valence-corrected chi connectivity index (χ2v) is 13.6. The molecule has 4 N–H and O–H groups in total. The second-order valence-electron chi connectivity index (χ2n) is 13.6. The van der Waals surface area contributed by atoms with Gasteiger partial charge in [-0.25, -0.2) is 0 Å². The lowest BCUT2D eigenvalue weighted by atomic mass is 9.64. The van der Waals surface area contributed by atoms with E-state index in [0.29, 0.717) is 5.56 Å². The van der Waals surface area contributed by atoms with E-state index < -0.39 is 23.0 Å². The van der Waals surface area contributed by atoms with Gasteiger partial charge in [0.15, 0.2) is 11.5 Å². The van der Waals surface area contributed by atoms with Gasteiger partial charge in [-0.3, -0.25) is 0 Å². The number of rotatable bonds is 2. The third kappa shape index (κ3) is 3.27. The minimum Gasteiger partial charge on any atom is -0.505 e. The molecule has 2 bridgehead atoms. The fourth-order valence-corrected chi connectivity index (χ4v) is 9.21. The van der Waals surface area contributed by atoms with Crippen LogP contribution in [0.25, 0.3) is 71.7 Å². The molecule has 1 unspecified atom stereocenters. The minimum absolute atomic E-state index is 0.0628. The van der Waals surface area contributed by atoms with Gasteiger partial charge in [-0.05, 0) is 109 Å². The predicted molar refractivity (Wildman–Crippen MR) is 192 cm³/mol. The summed E-state index contributed by atoms with van der Waals surface area (Å²) < 4.78 is 6.53. The van der Waals surface area contributed by atoms with Gasteiger partial charge < -0.3 is 24.8 Å². The van der Waals surface area contributed by atoms with Crippen molar-refractivity contribution >= 4 is 51.6 Å². The monoisotopic (exact) mass is 624 g/mol. The van der Waals surface area contributed by atoms with Crippen molar-refractivity contribution in [3.63, 3.8) is 0 Å². The molecule has 6 heteroatoms. The number of benzene rings is 6. The Balaban J connectivity index is 1.36. The van der Waals surface area contributed by atoms with Crippen LogP contribution in [-0.4, -0.2) is 28.3 Å². The zero-order valence-electron chi connectivity index (χ0n) is 26.3. The third-order valence-electron chi connectivity index (χ3n) is 11.3. The van der Waals surface area contributed by atoms with Gasteiger partial charge in [0.1, 0.15) is 19.0 Å². The lowest BCUT2D eigenvalue weighted by molar-refractivity contribution is 0.348. The van der Waals surface area contributed by atoms with Crippen LogP contribution in [0.5, 0.6) is 23.0 Å². The van der Waals surface area contributed by atoms with E-state index >= 15 is 0 Å². The number of furan rings is 1. The molecule has 1 heterocycles. The number of hydrogen-bond acceptors (Lipinski definition) is 5. The zero-order valence-corrected chi connectivity index (χ0v) is 26.3. The van der Waals surface area contributed by atoms with Gasteiger partial charge in [0, 0.05) is 22.3 Å². The van der Waals surface area contributed by atoms with E-state index in [1.54, 1.807) is 6.07 Å². The van der Waals surface area contributed by atoms with Crippen molar-refractivity contribution < 1.29 is 24.8 Å². The molecular formula is C42H29BO5. The Bertz CT molecular complexity index is 2630. The van der Waals surface area contributed by atoms with Gasteiger partial charge in [0.05, 0.1) is 0 Å². The highest BCUT2D eigenvalue weighted by Crippen LogP contribution is 2.59. The smallest absolute Gasteiger partial charge is 0.204 e. The largest absolute Gasteiger partial charge is 0.505 e. The fourth-order valence-electron chi connectivity index (χ4n) is 9.21. The molecule has 0 saturated heterocycles. The SMILES string of the molecule is [B]c1c(O)c(O)c(O)c(O)c1-c1cccc(-c2c3c4c(c5ccccc25)-c2cccc5oc6ccc7c(c6c25)CC4=C(C[C@H]3C)C7C)c1. The maximum Gasteiger partial charge on any atom is 0.204 e. The number of aromatic hydroxyl groups is 4. The normalized spacial score (nSPS) is 17.5. The molecule has 0 amide bonds. The van der Waals surface area contributed by atoms with Crippen LogP contribution in [0.2, 0.25) is 0 Å². The van der Waals surface area contributed by atoms with Gasteiger partial charge in [0.25, 0.3) is 0 Å². The highest BCUT2D eigenvalue weighted by molar-refractivity contribution is 6.39. The van der Waals surface area contributed by atoms with Gasteiger partial charge in [-0.15, -0.1) is 0 Å². The highest BCUT2D eigenvalue weighted by Gasteiger charge is 2.39. The Morgan fingerprint density at radius 2 is 1.35 bits per heavy atom. The highest BCUT2D eigenvalue weighted by atomic mass is 16.3. The van der Waals surface area contributed by atoms with E-state index in [2.05, 4.69) is 74.5 Å². The average Bonchev–Trinajstić information content (AvgIpc) is 3.49. The maximum absolute atomic E-state index is 10.9. The maximum atomic E-state index is 10.9. The van der Waals surface area contributed by atoms with Gasteiger partial charge in [0.2, 0.25) is 11.5 Å². The van der Waals surface area contributed by atoms with Gasteiger partial charge in [-0.1, -0.05) is 80.1 Å². The first kappa shape index (κ1) is 27.5. The summed E-state index contributed by atoms with van der Waals surface area (Å²) in [5, 5.41) is 46.6. The van der Waals surface area contributed by atoms with E-state index in [1.807, 2.05) is 12.1 Å². The lowest BCUT2D eigenvalue weighted by Crippen LogP contribution is -2.21. The van der Waals surface area contributed by atoms with Crippen LogP contribution in [0.15, 0.2) is 88.9 Å². The quantitative estimate of drug-likeness (QED) is 0.0874. The summed E-state index contributed by atoms with van der Waals surface area (Å²) in [5.74, 6) is -2.43. The molecule has 2 radical (unpaired) electrons. The average molecular weight is 625 g/mol. The van der Waals surface area contributed by atoms with Gasteiger partial charge in [-0.2, -0.15) is 0 Å². The Morgan fingerprint density at radius 3 is 2.15 bits per heavy atom. The van der Waals surface area contributed by atoms with E-state index in [-0.39, 0.29) is 22.9 Å². The number of allylic oxidation sites excluding steroid dienone is 2. The molecule has 48 heavy (non-hydrogen) atoms. The third-order valence-corrected chi connectivity index (χ3v) is 11.3. The zero-order chi connectivity index (χ0) is 32.7. The van der Waals surface area contributed by atoms with E-state index in [4.69, 9.17) is 12.3 Å². The topological polar surface area (TPSA) is 94.1 Å². The molecule has 7 aromatic rings. The second kappa shape index (κ2) is 9.26. The molecule has 3 aliphatic carbocycles. The van der Waals surface area contributed by atoms with E-state index in [9.17, 15) is 20.4 Å². The van der Waals surface area contributed by atoms with Crippen molar-refractivity contribution in [2.75, 3.05) is 0 Å². The van der Waals surface area contributed by atoms with Crippen LogP contribution in [0, 0.1) is 0 Å². The molecule has 230 valence electrons. The molecule has 3 aliphatic rings. The summed E-state index contributed by atoms with van der Waals surface area (Å²) in [6.45, 7) is 4.68. The number of phenolic OH excluding ortho intramolecular Hbond substituents is 4. The van der Waals surface area contributed by atoms with E-state index in [0.717, 1.165) is 45.9 Å². The Kier molecular flexibility index (Phi) is 5.30. The van der Waals surface area contributed by atoms with Crippen LogP contribution in [0.3, 0.4) is 0 Å². The molecule has 6 aromatic carbocycles. The van der Waals surface area contributed by atoms with Crippen molar-refractivity contribution in [3.8, 4) is 56.4 Å².